The van der Waals surface area contributed by atoms with Crippen LogP contribution >= 0.6 is 0 Å². The molecule has 0 radical (unpaired) electrons. The number of hydrogen-bond donors (Lipinski definition) is 1. The highest BCUT2D eigenvalue weighted by atomic mass is 16.5. The third-order valence-electron chi connectivity index (χ3n) is 2.64. The number of hydrogen-bond acceptors (Lipinski definition) is 3. The topological polar surface area (TPSA) is 52.3 Å². The highest BCUT2D eigenvalue weighted by Crippen LogP contribution is 2.18. The zero-order valence-electron chi connectivity index (χ0n) is 10.1. The number of carbonyl (C=O) groups is 1. The summed E-state index contributed by atoms with van der Waals surface area (Å²) in [4.78, 5) is 12.1. The normalized spacial score (nSPS) is 14.2. The predicted molar refractivity (Wildman–Crippen MR) is 64.8 cm³/mol. The van der Waals surface area contributed by atoms with E-state index in [0.717, 1.165) is 12.2 Å². The van der Waals surface area contributed by atoms with Gasteiger partial charge in [-0.1, -0.05) is 13.3 Å². The van der Waals surface area contributed by atoms with Crippen molar-refractivity contribution >= 4 is 5.78 Å². The number of ketones is 1. The van der Waals surface area contributed by atoms with Crippen LogP contribution in [0, 0.1) is 0 Å². The molecule has 0 aromatic heterocycles. The zero-order valence-corrected chi connectivity index (χ0v) is 10.1. The third-order valence-corrected chi connectivity index (χ3v) is 2.64. The van der Waals surface area contributed by atoms with E-state index in [1.807, 2.05) is 6.92 Å². The van der Waals surface area contributed by atoms with Gasteiger partial charge in [0.2, 0.25) is 0 Å². The van der Waals surface area contributed by atoms with Gasteiger partial charge >= 0.3 is 0 Å². The fraction of sp³-hybridized carbons (Fsp3) is 0.462. The van der Waals surface area contributed by atoms with E-state index in [1.165, 1.54) is 0 Å². The first-order chi connectivity index (χ1) is 7.51. The van der Waals surface area contributed by atoms with Crippen LogP contribution in [-0.4, -0.2) is 18.4 Å². The molecule has 1 aromatic rings. The van der Waals surface area contributed by atoms with Crippen LogP contribution < -0.4 is 10.5 Å². The summed E-state index contributed by atoms with van der Waals surface area (Å²) >= 11 is 0. The minimum absolute atomic E-state index is 0.0167. The smallest absolute Gasteiger partial charge is 0.182 e. The monoisotopic (exact) mass is 221 g/mol. The summed E-state index contributed by atoms with van der Waals surface area (Å²) in [6.45, 7) is 3.80. The average molecular weight is 221 g/mol. The van der Waals surface area contributed by atoms with Crippen LogP contribution in [0.3, 0.4) is 0 Å². The molecule has 0 heterocycles. The fourth-order valence-electron chi connectivity index (χ4n) is 1.70. The van der Waals surface area contributed by atoms with Gasteiger partial charge in [0.25, 0.3) is 0 Å². The maximum Gasteiger partial charge on any atom is 0.182 e. The Morgan fingerprint density at radius 1 is 1.38 bits per heavy atom. The first-order valence-corrected chi connectivity index (χ1v) is 5.49. The van der Waals surface area contributed by atoms with Gasteiger partial charge in [-0.15, -0.1) is 0 Å². The van der Waals surface area contributed by atoms with Crippen LogP contribution in [0.5, 0.6) is 5.75 Å². The molecule has 0 saturated carbocycles. The lowest BCUT2D eigenvalue weighted by molar-refractivity contribution is 0.0893. The maximum absolute atomic E-state index is 12.1. The summed E-state index contributed by atoms with van der Waals surface area (Å²) in [5.41, 5.74) is 5.86. The molecule has 0 aliphatic rings. The Morgan fingerprint density at radius 2 is 1.94 bits per heavy atom. The zero-order chi connectivity index (χ0) is 12.2. The summed E-state index contributed by atoms with van der Waals surface area (Å²) < 4.78 is 5.04. The number of rotatable bonds is 5. The largest absolute Gasteiger partial charge is 0.497 e. The molecule has 0 amide bonds. The van der Waals surface area contributed by atoms with Gasteiger partial charge < -0.3 is 10.5 Å². The van der Waals surface area contributed by atoms with Crippen molar-refractivity contribution in [3.63, 3.8) is 0 Å². The van der Waals surface area contributed by atoms with E-state index in [2.05, 4.69) is 0 Å². The second kappa shape index (κ2) is 5.12. The van der Waals surface area contributed by atoms with Crippen molar-refractivity contribution < 1.29 is 9.53 Å². The van der Waals surface area contributed by atoms with E-state index in [-0.39, 0.29) is 5.78 Å². The van der Waals surface area contributed by atoms with Crippen LogP contribution in [0.2, 0.25) is 0 Å². The molecule has 0 fully saturated rings. The molecule has 0 saturated heterocycles. The Bertz CT molecular complexity index is 355. The average Bonchev–Trinajstić information content (AvgIpc) is 2.28. The molecule has 3 heteroatoms. The highest BCUT2D eigenvalue weighted by molar-refractivity contribution is 6.02. The second-order valence-electron chi connectivity index (χ2n) is 4.23. The van der Waals surface area contributed by atoms with Crippen LogP contribution in [0.15, 0.2) is 24.3 Å². The summed E-state index contributed by atoms with van der Waals surface area (Å²) in [6.07, 6.45) is 1.59. The Balaban J connectivity index is 2.87. The van der Waals surface area contributed by atoms with Crippen molar-refractivity contribution in [2.75, 3.05) is 7.11 Å². The molecule has 88 valence electrons. The number of methoxy groups -OCH3 is 1. The van der Waals surface area contributed by atoms with E-state index in [1.54, 1.807) is 38.3 Å². The second-order valence-corrected chi connectivity index (χ2v) is 4.23. The van der Waals surface area contributed by atoms with Gasteiger partial charge in [-0.25, -0.2) is 0 Å². The molecule has 1 aromatic carbocycles. The number of Topliss-reactive ketones (excluding diaryl/α,β-unsaturated/α-hetero) is 1. The van der Waals surface area contributed by atoms with E-state index in [9.17, 15) is 4.79 Å². The van der Waals surface area contributed by atoms with Gasteiger partial charge in [0.05, 0.1) is 12.6 Å². The van der Waals surface area contributed by atoms with Crippen LogP contribution in [0.4, 0.5) is 0 Å². The van der Waals surface area contributed by atoms with E-state index in [4.69, 9.17) is 10.5 Å². The maximum atomic E-state index is 12.1. The van der Waals surface area contributed by atoms with Gasteiger partial charge in [0.1, 0.15) is 5.75 Å². The van der Waals surface area contributed by atoms with Crippen molar-refractivity contribution in [3.05, 3.63) is 29.8 Å². The summed E-state index contributed by atoms with van der Waals surface area (Å²) in [6, 6.07) is 7.05. The number of ether oxygens (including phenoxy) is 1. The van der Waals surface area contributed by atoms with Crippen molar-refractivity contribution in [1.82, 2.24) is 0 Å². The quantitative estimate of drug-likeness (QED) is 0.777. The van der Waals surface area contributed by atoms with Gasteiger partial charge in [-0.3, -0.25) is 4.79 Å². The lowest BCUT2D eigenvalue weighted by Crippen LogP contribution is -2.44. The lowest BCUT2D eigenvalue weighted by atomic mass is 9.88. The van der Waals surface area contributed by atoms with Crippen LogP contribution in [0.1, 0.15) is 37.0 Å². The predicted octanol–water partition coefficient (Wildman–Crippen LogP) is 2.40. The van der Waals surface area contributed by atoms with Gasteiger partial charge in [0, 0.05) is 5.56 Å². The van der Waals surface area contributed by atoms with E-state index >= 15 is 0 Å². The molecule has 1 unspecified atom stereocenters. The van der Waals surface area contributed by atoms with Gasteiger partial charge in [-0.2, -0.15) is 0 Å². The van der Waals surface area contributed by atoms with Crippen molar-refractivity contribution in [1.29, 1.82) is 0 Å². The Kier molecular flexibility index (Phi) is 4.07. The number of benzene rings is 1. The molecule has 16 heavy (non-hydrogen) atoms. The van der Waals surface area contributed by atoms with Gasteiger partial charge in [-0.05, 0) is 37.6 Å². The minimum Gasteiger partial charge on any atom is -0.497 e. The standard InChI is InChI=1S/C13H19NO2/c1-4-9-13(2,14)12(15)10-5-7-11(16-3)8-6-10/h5-8H,4,9,14H2,1-3H3. The number of carbonyl (C=O) groups excluding carboxylic acids is 1. The van der Waals surface area contributed by atoms with E-state index < -0.39 is 5.54 Å². The summed E-state index contributed by atoms with van der Waals surface area (Å²) in [7, 11) is 1.60. The first-order valence-electron chi connectivity index (χ1n) is 5.49. The fourth-order valence-corrected chi connectivity index (χ4v) is 1.70. The SMILES string of the molecule is CCCC(C)(N)C(=O)c1ccc(OC)cc1. The molecular formula is C13H19NO2. The lowest BCUT2D eigenvalue weighted by Gasteiger charge is -2.22. The third kappa shape index (κ3) is 2.83. The highest BCUT2D eigenvalue weighted by Gasteiger charge is 2.27. The Morgan fingerprint density at radius 3 is 2.38 bits per heavy atom. The summed E-state index contributed by atoms with van der Waals surface area (Å²) in [5.74, 6) is 0.725. The van der Waals surface area contributed by atoms with Crippen molar-refractivity contribution in [2.45, 2.75) is 32.2 Å². The minimum atomic E-state index is -0.774. The molecule has 0 bridgehead atoms. The van der Waals surface area contributed by atoms with Crippen molar-refractivity contribution in [2.24, 2.45) is 5.73 Å². The Hall–Kier alpha value is -1.35. The van der Waals surface area contributed by atoms with Crippen molar-refractivity contribution in [3.8, 4) is 5.75 Å². The number of nitrogens with two attached hydrogens (primary N) is 1. The van der Waals surface area contributed by atoms with Gasteiger partial charge in [0.15, 0.2) is 5.78 Å². The summed E-state index contributed by atoms with van der Waals surface area (Å²) in [5, 5.41) is 0. The molecule has 3 nitrogen and oxygen atoms in total. The molecule has 0 aliphatic carbocycles. The molecule has 1 rings (SSSR count). The first kappa shape index (κ1) is 12.7. The Labute approximate surface area is 96.6 Å². The molecule has 2 N–H and O–H groups in total. The van der Waals surface area contributed by atoms with Crippen LogP contribution in [-0.2, 0) is 0 Å². The molecule has 1 atom stereocenters. The molecular weight excluding hydrogens is 202 g/mol. The van der Waals surface area contributed by atoms with Crippen LogP contribution in [0.25, 0.3) is 0 Å². The van der Waals surface area contributed by atoms with E-state index in [0.29, 0.717) is 12.0 Å². The molecule has 0 spiro atoms. The molecule has 0 aliphatic heterocycles.